The third-order valence-electron chi connectivity index (χ3n) is 2.41. The molecule has 1 saturated heterocycles. The van der Waals surface area contributed by atoms with Crippen LogP contribution in [0.1, 0.15) is 20.3 Å². The third kappa shape index (κ3) is 2.64. The first-order valence-electron chi connectivity index (χ1n) is 4.81. The fraction of sp³-hybridized carbons (Fsp3) is 1.00. The molecule has 0 radical (unpaired) electrons. The summed E-state index contributed by atoms with van der Waals surface area (Å²) in [7, 11) is 1.83. The van der Waals surface area contributed by atoms with Crippen molar-refractivity contribution in [1.82, 2.24) is 5.32 Å². The summed E-state index contributed by atoms with van der Waals surface area (Å²) in [5, 5.41) is 12.7. The molecular formula is C9H19NO3. The average Bonchev–Trinajstić information content (AvgIpc) is 2.04. The number of aliphatic hydroxyl groups is 1. The van der Waals surface area contributed by atoms with Crippen molar-refractivity contribution in [3.8, 4) is 0 Å². The highest BCUT2D eigenvalue weighted by Crippen LogP contribution is 2.20. The molecular weight excluding hydrogens is 170 g/mol. The second-order valence-electron chi connectivity index (χ2n) is 3.34. The number of hydrogen-bond donors (Lipinski definition) is 2. The van der Waals surface area contributed by atoms with Gasteiger partial charge in [0.25, 0.3) is 0 Å². The van der Waals surface area contributed by atoms with Gasteiger partial charge in [0.05, 0.1) is 18.2 Å². The van der Waals surface area contributed by atoms with E-state index in [0.717, 1.165) is 0 Å². The van der Waals surface area contributed by atoms with Gasteiger partial charge >= 0.3 is 0 Å². The molecule has 0 aromatic heterocycles. The smallest absolute Gasteiger partial charge is 0.160 e. The molecule has 4 heteroatoms. The van der Waals surface area contributed by atoms with Crippen molar-refractivity contribution in [2.24, 2.45) is 0 Å². The molecule has 0 bridgehead atoms. The summed E-state index contributed by atoms with van der Waals surface area (Å²) in [6.07, 6.45) is -0.0980. The Morgan fingerprint density at radius 2 is 2.31 bits per heavy atom. The van der Waals surface area contributed by atoms with Crippen molar-refractivity contribution in [2.45, 2.75) is 44.8 Å². The minimum Gasteiger partial charge on any atom is -0.391 e. The highest BCUT2D eigenvalue weighted by molar-refractivity contribution is 4.85. The number of nitrogens with one attached hydrogen (secondary N) is 1. The van der Waals surface area contributed by atoms with Crippen LogP contribution in [-0.4, -0.2) is 43.3 Å². The Kier molecular flexibility index (Phi) is 4.12. The van der Waals surface area contributed by atoms with E-state index in [1.54, 1.807) is 0 Å². The summed E-state index contributed by atoms with van der Waals surface area (Å²) in [5.74, 6) is 0. The Morgan fingerprint density at radius 1 is 1.62 bits per heavy atom. The van der Waals surface area contributed by atoms with E-state index >= 15 is 0 Å². The van der Waals surface area contributed by atoms with Gasteiger partial charge in [-0.05, 0) is 20.9 Å². The maximum absolute atomic E-state index is 9.71. The number of aliphatic hydroxyl groups excluding tert-OH is 1. The first-order valence-corrected chi connectivity index (χ1v) is 4.81. The van der Waals surface area contributed by atoms with E-state index in [1.807, 2.05) is 20.9 Å². The topological polar surface area (TPSA) is 50.7 Å². The van der Waals surface area contributed by atoms with Gasteiger partial charge in [-0.15, -0.1) is 0 Å². The molecule has 0 aliphatic carbocycles. The van der Waals surface area contributed by atoms with Gasteiger partial charge in [-0.3, -0.25) is 0 Å². The minimum absolute atomic E-state index is 0.00898. The van der Waals surface area contributed by atoms with Crippen LogP contribution in [0.3, 0.4) is 0 Å². The van der Waals surface area contributed by atoms with E-state index in [1.165, 1.54) is 0 Å². The SMILES string of the molecule is CCO[C@@H]1C[C@H](O)[C@H](NC)[C@@H](C)O1. The van der Waals surface area contributed by atoms with Crippen LogP contribution >= 0.6 is 0 Å². The Morgan fingerprint density at radius 3 is 2.77 bits per heavy atom. The van der Waals surface area contributed by atoms with Gasteiger partial charge in [0.15, 0.2) is 6.29 Å². The van der Waals surface area contributed by atoms with Gasteiger partial charge in [-0.1, -0.05) is 0 Å². The quantitative estimate of drug-likeness (QED) is 0.661. The number of hydrogen-bond acceptors (Lipinski definition) is 4. The molecule has 0 amide bonds. The summed E-state index contributed by atoms with van der Waals surface area (Å²) < 4.78 is 10.9. The van der Waals surface area contributed by atoms with Crippen LogP contribution in [0.15, 0.2) is 0 Å². The molecule has 0 unspecified atom stereocenters. The summed E-state index contributed by atoms with van der Waals surface area (Å²) in [4.78, 5) is 0. The Hall–Kier alpha value is -0.160. The van der Waals surface area contributed by atoms with Gasteiger partial charge in [-0.2, -0.15) is 0 Å². The molecule has 1 heterocycles. The van der Waals surface area contributed by atoms with Crippen LogP contribution in [-0.2, 0) is 9.47 Å². The van der Waals surface area contributed by atoms with Gasteiger partial charge < -0.3 is 19.9 Å². The number of rotatable bonds is 3. The van der Waals surface area contributed by atoms with E-state index in [0.29, 0.717) is 13.0 Å². The van der Waals surface area contributed by atoms with Crippen LogP contribution in [0.5, 0.6) is 0 Å². The predicted molar refractivity (Wildman–Crippen MR) is 49.4 cm³/mol. The van der Waals surface area contributed by atoms with Crippen molar-refractivity contribution < 1.29 is 14.6 Å². The highest BCUT2D eigenvalue weighted by atomic mass is 16.7. The van der Waals surface area contributed by atoms with Crippen molar-refractivity contribution in [1.29, 1.82) is 0 Å². The molecule has 2 N–H and O–H groups in total. The molecule has 78 valence electrons. The average molecular weight is 189 g/mol. The molecule has 1 rings (SSSR count). The van der Waals surface area contributed by atoms with Crippen molar-refractivity contribution in [3.63, 3.8) is 0 Å². The van der Waals surface area contributed by atoms with Crippen LogP contribution in [0, 0.1) is 0 Å². The second kappa shape index (κ2) is 4.91. The van der Waals surface area contributed by atoms with Gasteiger partial charge in [0.1, 0.15) is 0 Å². The molecule has 0 aromatic carbocycles. The lowest BCUT2D eigenvalue weighted by atomic mass is 10.00. The van der Waals surface area contributed by atoms with Gasteiger partial charge in [0, 0.05) is 13.0 Å². The molecule has 0 aromatic rings. The molecule has 0 spiro atoms. The van der Waals surface area contributed by atoms with Crippen LogP contribution in [0.2, 0.25) is 0 Å². The lowest BCUT2D eigenvalue weighted by Gasteiger charge is -2.37. The molecule has 4 nitrogen and oxygen atoms in total. The molecule has 1 aliphatic heterocycles. The molecule has 0 saturated carbocycles. The normalized spacial score (nSPS) is 40.6. The first kappa shape index (κ1) is 10.9. The molecule has 1 aliphatic rings. The van der Waals surface area contributed by atoms with E-state index < -0.39 is 0 Å². The summed E-state index contributed by atoms with van der Waals surface area (Å²) in [6.45, 7) is 4.48. The lowest BCUT2D eigenvalue weighted by molar-refractivity contribution is -0.218. The zero-order valence-corrected chi connectivity index (χ0v) is 8.49. The summed E-state index contributed by atoms with van der Waals surface area (Å²) >= 11 is 0. The Balaban J connectivity index is 2.46. The van der Waals surface area contributed by atoms with E-state index in [4.69, 9.17) is 9.47 Å². The van der Waals surface area contributed by atoms with Crippen LogP contribution < -0.4 is 5.32 Å². The van der Waals surface area contributed by atoms with Gasteiger partial charge in [-0.25, -0.2) is 0 Å². The maximum Gasteiger partial charge on any atom is 0.160 e. The maximum atomic E-state index is 9.71. The second-order valence-corrected chi connectivity index (χ2v) is 3.34. The zero-order chi connectivity index (χ0) is 9.84. The number of ether oxygens (including phenoxy) is 2. The van der Waals surface area contributed by atoms with Gasteiger partial charge in [0.2, 0.25) is 0 Å². The monoisotopic (exact) mass is 189 g/mol. The summed E-state index contributed by atoms with van der Waals surface area (Å²) in [5.41, 5.74) is 0. The largest absolute Gasteiger partial charge is 0.391 e. The lowest BCUT2D eigenvalue weighted by Crippen LogP contribution is -2.53. The minimum atomic E-state index is -0.384. The van der Waals surface area contributed by atoms with E-state index in [-0.39, 0.29) is 24.5 Å². The Bertz CT molecular complexity index is 142. The van der Waals surface area contributed by atoms with Crippen LogP contribution in [0.25, 0.3) is 0 Å². The number of likely N-dealkylation sites (N-methyl/N-ethyl adjacent to an activating group) is 1. The molecule has 13 heavy (non-hydrogen) atoms. The van der Waals surface area contributed by atoms with Crippen molar-refractivity contribution >= 4 is 0 Å². The standard InChI is InChI=1S/C9H19NO3/c1-4-12-8-5-7(11)9(10-3)6(2)13-8/h6-11H,4-5H2,1-3H3/t6-,7+,8+,9-/m1/s1. The molecule has 1 fully saturated rings. The fourth-order valence-corrected chi connectivity index (χ4v) is 1.76. The third-order valence-corrected chi connectivity index (χ3v) is 2.41. The zero-order valence-electron chi connectivity index (χ0n) is 8.49. The predicted octanol–water partition coefficient (Wildman–Crippen LogP) is 0.107. The van der Waals surface area contributed by atoms with E-state index in [9.17, 15) is 5.11 Å². The molecule has 4 atom stereocenters. The fourth-order valence-electron chi connectivity index (χ4n) is 1.76. The van der Waals surface area contributed by atoms with Crippen molar-refractivity contribution in [3.05, 3.63) is 0 Å². The highest BCUT2D eigenvalue weighted by Gasteiger charge is 2.34. The van der Waals surface area contributed by atoms with E-state index in [2.05, 4.69) is 5.32 Å². The Labute approximate surface area is 79.2 Å². The summed E-state index contributed by atoms with van der Waals surface area (Å²) in [6, 6.07) is 0.0108. The van der Waals surface area contributed by atoms with Crippen molar-refractivity contribution in [2.75, 3.05) is 13.7 Å². The first-order chi connectivity index (χ1) is 6.19. The van der Waals surface area contributed by atoms with Crippen LogP contribution in [0.4, 0.5) is 0 Å².